The standard InChI is InChI=1S/C7H6ClNO2S2/c8-13(10,11)9-5-12-7-4-2-1-3-6(7)9/h1-4H,5H2. The number of benzene rings is 1. The van der Waals surface area contributed by atoms with Crippen molar-refractivity contribution in [3.63, 3.8) is 0 Å². The average Bonchev–Trinajstić information content (AvgIpc) is 2.45. The molecule has 0 amide bonds. The molecule has 0 saturated carbocycles. The van der Waals surface area contributed by atoms with Crippen molar-refractivity contribution >= 4 is 37.4 Å². The molecular formula is C7H6ClNO2S2. The molecule has 1 aromatic carbocycles. The molecule has 0 bridgehead atoms. The second-order valence-electron chi connectivity index (χ2n) is 2.53. The lowest BCUT2D eigenvalue weighted by Gasteiger charge is -2.12. The Hall–Kier alpha value is -0.390. The minimum Gasteiger partial charge on any atom is -0.246 e. The molecule has 0 aliphatic carbocycles. The number of rotatable bonds is 1. The average molecular weight is 236 g/mol. The summed E-state index contributed by atoms with van der Waals surface area (Å²) in [5.74, 6) is 0.366. The summed E-state index contributed by atoms with van der Waals surface area (Å²) in [6.45, 7) is 0. The van der Waals surface area contributed by atoms with Gasteiger partial charge in [0.25, 0.3) is 0 Å². The van der Waals surface area contributed by atoms with Gasteiger partial charge in [-0.2, -0.15) is 8.42 Å². The molecule has 3 nitrogen and oxygen atoms in total. The van der Waals surface area contributed by atoms with E-state index in [-0.39, 0.29) is 0 Å². The van der Waals surface area contributed by atoms with Gasteiger partial charge in [-0.15, -0.1) is 11.8 Å². The molecule has 0 fully saturated rings. The van der Waals surface area contributed by atoms with Gasteiger partial charge in [0, 0.05) is 15.6 Å². The fourth-order valence-corrected chi connectivity index (χ4v) is 3.76. The Kier molecular flexibility index (Phi) is 2.17. The molecule has 1 aliphatic heterocycles. The lowest BCUT2D eigenvalue weighted by Crippen LogP contribution is -2.22. The quantitative estimate of drug-likeness (QED) is 0.699. The zero-order valence-electron chi connectivity index (χ0n) is 6.47. The van der Waals surface area contributed by atoms with Crippen LogP contribution in [0.15, 0.2) is 29.2 Å². The summed E-state index contributed by atoms with van der Waals surface area (Å²) in [6, 6.07) is 7.29. The molecule has 13 heavy (non-hydrogen) atoms. The van der Waals surface area contributed by atoms with E-state index in [1.54, 1.807) is 12.1 Å². The van der Waals surface area contributed by atoms with Gasteiger partial charge in [0.2, 0.25) is 0 Å². The van der Waals surface area contributed by atoms with E-state index in [1.165, 1.54) is 16.1 Å². The number of halogens is 1. The third kappa shape index (κ3) is 1.63. The Morgan fingerprint density at radius 2 is 2.08 bits per heavy atom. The Morgan fingerprint density at radius 3 is 2.77 bits per heavy atom. The number of thioether (sulfide) groups is 1. The normalized spacial score (nSPS) is 15.9. The van der Waals surface area contributed by atoms with Crippen LogP contribution >= 0.6 is 22.4 Å². The first kappa shape index (κ1) is 9.18. The number of fused-ring (bicyclic) bond motifs is 1. The van der Waals surface area contributed by atoms with Crippen molar-refractivity contribution in [3.05, 3.63) is 24.3 Å². The van der Waals surface area contributed by atoms with Crippen LogP contribution < -0.4 is 4.31 Å². The first-order valence-corrected chi connectivity index (χ1v) is 6.78. The minimum atomic E-state index is -3.63. The van der Waals surface area contributed by atoms with Crippen LogP contribution in [-0.2, 0) is 9.24 Å². The predicted octanol–water partition coefficient (Wildman–Crippen LogP) is 2.04. The van der Waals surface area contributed by atoms with Crippen LogP contribution in [0.1, 0.15) is 0 Å². The molecule has 0 saturated heterocycles. The molecule has 1 aromatic rings. The first-order chi connectivity index (χ1) is 6.09. The lowest BCUT2D eigenvalue weighted by atomic mass is 10.3. The second-order valence-corrected chi connectivity index (χ2v) is 5.95. The van der Waals surface area contributed by atoms with E-state index in [4.69, 9.17) is 10.7 Å². The maximum atomic E-state index is 11.1. The van der Waals surface area contributed by atoms with Crippen LogP contribution in [0, 0.1) is 0 Å². The van der Waals surface area contributed by atoms with Gasteiger partial charge in [0.15, 0.2) is 0 Å². The van der Waals surface area contributed by atoms with E-state index in [0.717, 1.165) is 4.90 Å². The number of nitrogens with zero attached hydrogens (tertiary/aromatic N) is 1. The monoisotopic (exact) mass is 235 g/mol. The van der Waals surface area contributed by atoms with Crippen LogP contribution in [0.4, 0.5) is 5.69 Å². The summed E-state index contributed by atoms with van der Waals surface area (Å²) in [5.41, 5.74) is 0.669. The van der Waals surface area contributed by atoms with Gasteiger partial charge < -0.3 is 0 Å². The van der Waals surface area contributed by atoms with Crippen LogP contribution in [0.25, 0.3) is 0 Å². The van der Waals surface area contributed by atoms with E-state index in [0.29, 0.717) is 11.6 Å². The van der Waals surface area contributed by atoms with E-state index in [1.807, 2.05) is 12.1 Å². The van der Waals surface area contributed by atoms with E-state index < -0.39 is 9.24 Å². The number of hydrogen-bond acceptors (Lipinski definition) is 3. The highest BCUT2D eigenvalue weighted by atomic mass is 35.7. The fourth-order valence-electron chi connectivity index (χ4n) is 1.16. The van der Waals surface area contributed by atoms with Crippen LogP contribution in [0.2, 0.25) is 0 Å². The van der Waals surface area contributed by atoms with Crippen LogP contribution in [0.5, 0.6) is 0 Å². The Labute approximate surface area is 85.2 Å². The summed E-state index contributed by atoms with van der Waals surface area (Å²) in [7, 11) is 1.62. The zero-order valence-corrected chi connectivity index (χ0v) is 8.86. The van der Waals surface area contributed by atoms with Crippen molar-refractivity contribution in [1.29, 1.82) is 0 Å². The number of anilines is 1. The molecule has 1 aliphatic rings. The van der Waals surface area contributed by atoms with Crippen LogP contribution in [0.3, 0.4) is 0 Å². The fraction of sp³-hybridized carbons (Fsp3) is 0.143. The van der Waals surface area contributed by atoms with Gasteiger partial charge in [-0.1, -0.05) is 12.1 Å². The van der Waals surface area contributed by atoms with Crippen molar-refractivity contribution in [2.24, 2.45) is 0 Å². The van der Waals surface area contributed by atoms with Crippen molar-refractivity contribution in [2.75, 3.05) is 10.2 Å². The molecule has 0 unspecified atom stereocenters. The topological polar surface area (TPSA) is 37.4 Å². The maximum Gasteiger partial charge on any atom is 0.322 e. The Morgan fingerprint density at radius 1 is 1.38 bits per heavy atom. The molecule has 0 spiro atoms. The maximum absolute atomic E-state index is 11.1. The van der Waals surface area contributed by atoms with E-state index in [2.05, 4.69) is 0 Å². The number of para-hydroxylation sites is 1. The minimum absolute atomic E-state index is 0.366. The predicted molar refractivity (Wildman–Crippen MR) is 54.4 cm³/mol. The molecule has 1 heterocycles. The van der Waals surface area contributed by atoms with Gasteiger partial charge in [0.1, 0.15) is 0 Å². The second kappa shape index (κ2) is 3.08. The van der Waals surface area contributed by atoms with Gasteiger partial charge >= 0.3 is 9.24 Å². The third-order valence-electron chi connectivity index (χ3n) is 1.73. The van der Waals surface area contributed by atoms with Gasteiger partial charge in [-0.25, -0.2) is 4.31 Å². The van der Waals surface area contributed by atoms with Crippen molar-refractivity contribution in [2.45, 2.75) is 4.90 Å². The molecule has 0 aromatic heterocycles. The SMILES string of the molecule is O=S(=O)(Cl)N1CSc2ccccc21. The molecule has 2 rings (SSSR count). The molecule has 0 N–H and O–H groups in total. The van der Waals surface area contributed by atoms with Crippen molar-refractivity contribution in [3.8, 4) is 0 Å². The van der Waals surface area contributed by atoms with Crippen LogP contribution in [-0.4, -0.2) is 14.3 Å². The Balaban J connectivity index is 2.51. The van der Waals surface area contributed by atoms with E-state index >= 15 is 0 Å². The Bertz CT molecular complexity index is 432. The largest absolute Gasteiger partial charge is 0.322 e. The lowest BCUT2D eigenvalue weighted by molar-refractivity contribution is 0.607. The third-order valence-corrected chi connectivity index (χ3v) is 4.29. The highest BCUT2D eigenvalue weighted by Crippen LogP contribution is 2.40. The number of hydrogen-bond donors (Lipinski definition) is 0. The summed E-state index contributed by atoms with van der Waals surface area (Å²) in [6.07, 6.45) is 0. The molecule has 0 atom stereocenters. The molecule has 70 valence electrons. The summed E-state index contributed by atoms with van der Waals surface area (Å²) >= 11 is 1.47. The van der Waals surface area contributed by atoms with E-state index in [9.17, 15) is 8.42 Å². The molecule has 0 radical (unpaired) electrons. The first-order valence-electron chi connectivity index (χ1n) is 3.53. The van der Waals surface area contributed by atoms with Gasteiger partial charge in [-0.3, -0.25) is 0 Å². The summed E-state index contributed by atoms with van der Waals surface area (Å²) in [5, 5.41) is 0. The highest BCUT2D eigenvalue weighted by Gasteiger charge is 2.27. The van der Waals surface area contributed by atoms with Crippen molar-refractivity contribution in [1.82, 2.24) is 0 Å². The van der Waals surface area contributed by atoms with Crippen molar-refractivity contribution < 1.29 is 8.42 Å². The smallest absolute Gasteiger partial charge is 0.246 e. The summed E-state index contributed by atoms with van der Waals surface area (Å²) < 4.78 is 23.3. The molecule has 6 heteroatoms. The zero-order chi connectivity index (χ0) is 9.47. The molecular weight excluding hydrogens is 230 g/mol. The summed E-state index contributed by atoms with van der Waals surface area (Å²) in [4.78, 5) is 0.951. The van der Waals surface area contributed by atoms with Gasteiger partial charge in [-0.05, 0) is 12.1 Å². The highest BCUT2D eigenvalue weighted by molar-refractivity contribution is 8.15. The van der Waals surface area contributed by atoms with Gasteiger partial charge in [0.05, 0.1) is 11.6 Å².